The number of sulfonamides is 1. The maximum absolute atomic E-state index is 11.7. The fourth-order valence-electron chi connectivity index (χ4n) is 2.09. The number of nitrogens with one attached hydrogen (secondary N) is 1. The predicted octanol–water partition coefficient (Wildman–Crippen LogP) is 0.619. The third-order valence-electron chi connectivity index (χ3n) is 3.19. The highest BCUT2D eigenvalue weighted by molar-refractivity contribution is 7.89. The van der Waals surface area contributed by atoms with Gasteiger partial charge in [0, 0.05) is 6.04 Å². The zero-order valence-electron chi connectivity index (χ0n) is 8.85. The van der Waals surface area contributed by atoms with Crippen molar-refractivity contribution in [3.8, 4) is 0 Å². The average Bonchev–Trinajstić information content (AvgIpc) is 2.91. The minimum atomic E-state index is -3.07. The summed E-state index contributed by atoms with van der Waals surface area (Å²) in [5.41, 5.74) is 0. The predicted molar refractivity (Wildman–Crippen MR) is 57.9 cm³/mol. The lowest BCUT2D eigenvalue weighted by atomic mass is 9.94. The van der Waals surface area contributed by atoms with Crippen LogP contribution in [0.2, 0.25) is 0 Å². The number of hydrogen-bond donors (Lipinski definition) is 2. The van der Waals surface area contributed by atoms with Crippen molar-refractivity contribution in [3.63, 3.8) is 0 Å². The SMILES string of the molecule is O=S(=O)(CC1CC1)NC1CCC(O)CC1. The topological polar surface area (TPSA) is 66.4 Å². The molecule has 0 heterocycles. The van der Waals surface area contributed by atoms with E-state index in [0.717, 1.165) is 38.5 Å². The van der Waals surface area contributed by atoms with E-state index in [1.165, 1.54) is 0 Å². The normalized spacial score (nSPS) is 32.9. The van der Waals surface area contributed by atoms with Crippen molar-refractivity contribution >= 4 is 10.0 Å². The fourth-order valence-corrected chi connectivity index (χ4v) is 3.88. The van der Waals surface area contributed by atoms with E-state index in [1.54, 1.807) is 0 Å². The van der Waals surface area contributed by atoms with E-state index in [4.69, 9.17) is 0 Å². The Morgan fingerprint density at radius 1 is 1.07 bits per heavy atom. The van der Waals surface area contributed by atoms with Crippen LogP contribution < -0.4 is 4.72 Å². The molecule has 0 saturated heterocycles. The first-order valence-electron chi connectivity index (χ1n) is 5.73. The quantitative estimate of drug-likeness (QED) is 0.748. The molecule has 0 bridgehead atoms. The largest absolute Gasteiger partial charge is 0.393 e. The zero-order valence-corrected chi connectivity index (χ0v) is 9.67. The average molecular weight is 233 g/mol. The van der Waals surface area contributed by atoms with Crippen LogP contribution in [0.15, 0.2) is 0 Å². The second-order valence-electron chi connectivity index (χ2n) is 4.85. The molecule has 0 atom stereocenters. The van der Waals surface area contributed by atoms with Gasteiger partial charge in [-0.3, -0.25) is 0 Å². The molecule has 5 heteroatoms. The van der Waals surface area contributed by atoms with Crippen LogP contribution in [0.3, 0.4) is 0 Å². The fraction of sp³-hybridized carbons (Fsp3) is 1.00. The maximum atomic E-state index is 11.7. The van der Waals surface area contributed by atoms with Gasteiger partial charge in [0.1, 0.15) is 0 Å². The molecule has 2 aliphatic carbocycles. The standard InChI is InChI=1S/C10H19NO3S/c12-10-5-3-9(4-6-10)11-15(13,14)7-8-1-2-8/h8-12H,1-7H2. The highest BCUT2D eigenvalue weighted by atomic mass is 32.2. The summed E-state index contributed by atoms with van der Waals surface area (Å²) in [5, 5.41) is 9.30. The highest BCUT2D eigenvalue weighted by Crippen LogP contribution is 2.30. The summed E-state index contributed by atoms with van der Waals surface area (Å²) in [6.07, 6.45) is 4.87. The summed E-state index contributed by atoms with van der Waals surface area (Å²) in [6, 6.07) is 0.0529. The van der Waals surface area contributed by atoms with Crippen molar-refractivity contribution in [3.05, 3.63) is 0 Å². The van der Waals surface area contributed by atoms with E-state index in [0.29, 0.717) is 11.7 Å². The summed E-state index contributed by atoms with van der Waals surface area (Å²) in [7, 11) is -3.07. The van der Waals surface area contributed by atoms with E-state index in [9.17, 15) is 13.5 Å². The van der Waals surface area contributed by atoms with Crippen LogP contribution in [-0.2, 0) is 10.0 Å². The minimum Gasteiger partial charge on any atom is -0.393 e. The first-order chi connectivity index (χ1) is 7.05. The second kappa shape index (κ2) is 4.39. The number of aliphatic hydroxyl groups is 1. The van der Waals surface area contributed by atoms with Crippen molar-refractivity contribution in [1.82, 2.24) is 4.72 Å². The lowest BCUT2D eigenvalue weighted by molar-refractivity contribution is 0.120. The van der Waals surface area contributed by atoms with Crippen molar-refractivity contribution in [1.29, 1.82) is 0 Å². The molecule has 0 radical (unpaired) electrons. The summed E-state index contributed by atoms with van der Waals surface area (Å²) < 4.78 is 26.1. The Labute approximate surface area is 91.1 Å². The molecule has 0 aromatic carbocycles. The van der Waals surface area contributed by atoms with Crippen LogP contribution in [-0.4, -0.2) is 31.4 Å². The first-order valence-corrected chi connectivity index (χ1v) is 7.38. The van der Waals surface area contributed by atoms with Crippen molar-refractivity contribution in [2.45, 2.75) is 50.7 Å². The van der Waals surface area contributed by atoms with Gasteiger partial charge in [-0.15, -0.1) is 0 Å². The molecule has 2 saturated carbocycles. The van der Waals surface area contributed by atoms with Gasteiger partial charge in [0.05, 0.1) is 11.9 Å². The molecular weight excluding hydrogens is 214 g/mol. The highest BCUT2D eigenvalue weighted by Gasteiger charge is 2.30. The Morgan fingerprint density at radius 2 is 1.67 bits per heavy atom. The van der Waals surface area contributed by atoms with E-state index in [1.807, 2.05) is 0 Å². The van der Waals surface area contributed by atoms with E-state index < -0.39 is 10.0 Å². The molecule has 4 nitrogen and oxygen atoms in total. The van der Waals surface area contributed by atoms with Gasteiger partial charge in [-0.1, -0.05) is 0 Å². The first kappa shape index (κ1) is 11.4. The smallest absolute Gasteiger partial charge is 0.212 e. The van der Waals surface area contributed by atoms with Gasteiger partial charge < -0.3 is 5.11 Å². The summed E-state index contributed by atoms with van der Waals surface area (Å²) in [5.74, 6) is 0.697. The van der Waals surface area contributed by atoms with Crippen molar-refractivity contribution < 1.29 is 13.5 Å². The van der Waals surface area contributed by atoms with Gasteiger partial charge in [-0.05, 0) is 44.4 Å². The van der Waals surface area contributed by atoms with Gasteiger partial charge in [0.25, 0.3) is 0 Å². The summed E-state index contributed by atoms with van der Waals surface area (Å²) >= 11 is 0. The Kier molecular flexibility index (Phi) is 3.33. The van der Waals surface area contributed by atoms with Crippen LogP contribution in [0.5, 0.6) is 0 Å². The van der Waals surface area contributed by atoms with Gasteiger partial charge in [-0.2, -0.15) is 0 Å². The van der Waals surface area contributed by atoms with Gasteiger partial charge in [0.2, 0.25) is 10.0 Å². The molecule has 15 heavy (non-hydrogen) atoms. The van der Waals surface area contributed by atoms with Gasteiger partial charge in [0.15, 0.2) is 0 Å². The molecule has 0 aliphatic heterocycles. The van der Waals surface area contributed by atoms with Crippen LogP contribution in [0, 0.1) is 5.92 Å². The summed E-state index contributed by atoms with van der Waals surface area (Å²) in [4.78, 5) is 0. The molecule has 0 unspecified atom stereocenters. The van der Waals surface area contributed by atoms with E-state index >= 15 is 0 Å². The lowest BCUT2D eigenvalue weighted by Crippen LogP contribution is -2.40. The summed E-state index contributed by atoms with van der Waals surface area (Å²) in [6.45, 7) is 0. The van der Waals surface area contributed by atoms with Crippen LogP contribution in [0.25, 0.3) is 0 Å². The van der Waals surface area contributed by atoms with E-state index in [-0.39, 0.29) is 12.1 Å². The molecule has 2 N–H and O–H groups in total. The van der Waals surface area contributed by atoms with Crippen molar-refractivity contribution in [2.24, 2.45) is 5.92 Å². The van der Waals surface area contributed by atoms with Crippen LogP contribution in [0.4, 0.5) is 0 Å². The molecule has 0 spiro atoms. The Hall–Kier alpha value is -0.130. The minimum absolute atomic E-state index is 0.0529. The third kappa shape index (κ3) is 3.74. The maximum Gasteiger partial charge on any atom is 0.212 e. The van der Waals surface area contributed by atoms with Gasteiger partial charge >= 0.3 is 0 Å². The zero-order chi connectivity index (χ0) is 10.9. The number of aliphatic hydroxyl groups excluding tert-OH is 1. The molecule has 2 fully saturated rings. The Balaban J connectivity index is 1.79. The second-order valence-corrected chi connectivity index (χ2v) is 6.65. The molecule has 2 rings (SSSR count). The molecule has 0 amide bonds. The van der Waals surface area contributed by atoms with Crippen LogP contribution in [0.1, 0.15) is 38.5 Å². The van der Waals surface area contributed by atoms with E-state index in [2.05, 4.69) is 4.72 Å². The Morgan fingerprint density at radius 3 is 2.20 bits per heavy atom. The monoisotopic (exact) mass is 233 g/mol. The van der Waals surface area contributed by atoms with Crippen LogP contribution >= 0.6 is 0 Å². The molecule has 88 valence electrons. The van der Waals surface area contributed by atoms with Crippen molar-refractivity contribution in [2.75, 3.05) is 5.75 Å². The third-order valence-corrected chi connectivity index (χ3v) is 4.80. The molecule has 0 aromatic heterocycles. The number of rotatable bonds is 4. The molecular formula is C10H19NO3S. The molecule has 0 aromatic rings. The molecule has 2 aliphatic rings. The Bertz CT molecular complexity index is 303. The lowest BCUT2D eigenvalue weighted by Gasteiger charge is -2.25. The van der Waals surface area contributed by atoms with Gasteiger partial charge in [-0.25, -0.2) is 13.1 Å². The number of hydrogen-bond acceptors (Lipinski definition) is 3.